The van der Waals surface area contributed by atoms with Crippen LogP contribution in [0.5, 0.6) is 11.5 Å². The van der Waals surface area contributed by atoms with Gasteiger partial charge in [-0.2, -0.15) is 0 Å². The second kappa shape index (κ2) is 6.77. The van der Waals surface area contributed by atoms with Crippen molar-refractivity contribution in [2.24, 2.45) is 0 Å². The van der Waals surface area contributed by atoms with Gasteiger partial charge < -0.3 is 10.2 Å². The monoisotopic (exact) mass is 464 g/mol. The van der Waals surface area contributed by atoms with Crippen molar-refractivity contribution in [3.63, 3.8) is 0 Å². The zero-order valence-corrected chi connectivity index (χ0v) is 19.3. The molecule has 2 nitrogen and oxygen atoms in total. The number of hydrogen-bond donors (Lipinski definition) is 2. The molecular formula is C29H20O2S2. The van der Waals surface area contributed by atoms with Crippen molar-refractivity contribution in [3.8, 4) is 22.6 Å². The number of phenols is 2. The lowest BCUT2D eigenvalue weighted by molar-refractivity contribution is 0.474. The normalized spacial score (nSPS) is 15.9. The van der Waals surface area contributed by atoms with Gasteiger partial charge in [0.25, 0.3) is 0 Å². The van der Waals surface area contributed by atoms with Gasteiger partial charge in [0.1, 0.15) is 11.5 Å². The Balaban J connectivity index is 1.54. The van der Waals surface area contributed by atoms with E-state index in [9.17, 15) is 10.2 Å². The molecule has 33 heavy (non-hydrogen) atoms. The first-order chi connectivity index (χ1) is 16.1. The topological polar surface area (TPSA) is 40.5 Å². The second-order valence-electron chi connectivity index (χ2n) is 8.58. The molecule has 5 aromatic rings. The van der Waals surface area contributed by atoms with E-state index >= 15 is 0 Å². The first-order valence-electron chi connectivity index (χ1n) is 10.9. The molecule has 0 saturated heterocycles. The molecule has 0 spiro atoms. The minimum absolute atomic E-state index is 0.268. The standard InChI is InChI=1S/C29H20O2S2/c30-21-4-8-23(9-5-21)33(24-10-6-22(31)7-11-24)16-14-25-26(33)12-3-19-17-20-2-1-18-13-15-32-29(18)28(20)27(19)25/h1-16,30-31H,17H2. The van der Waals surface area contributed by atoms with Crippen LogP contribution in [-0.4, -0.2) is 10.2 Å². The fourth-order valence-corrected chi connectivity index (χ4v) is 9.83. The third-order valence-electron chi connectivity index (χ3n) is 6.83. The van der Waals surface area contributed by atoms with E-state index in [-0.39, 0.29) is 11.5 Å². The molecule has 1 aliphatic heterocycles. The highest BCUT2D eigenvalue weighted by Gasteiger charge is 2.37. The van der Waals surface area contributed by atoms with Gasteiger partial charge in [0.05, 0.1) is 0 Å². The van der Waals surface area contributed by atoms with Crippen LogP contribution in [0.4, 0.5) is 0 Å². The number of rotatable bonds is 2. The zero-order valence-electron chi connectivity index (χ0n) is 17.7. The smallest absolute Gasteiger partial charge is 0.115 e. The van der Waals surface area contributed by atoms with E-state index in [2.05, 4.69) is 47.2 Å². The van der Waals surface area contributed by atoms with Crippen molar-refractivity contribution in [2.45, 2.75) is 21.1 Å². The van der Waals surface area contributed by atoms with E-state index in [0.29, 0.717) is 0 Å². The molecule has 4 heteroatoms. The summed E-state index contributed by atoms with van der Waals surface area (Å²) >= 11 is 1.82. The van der Waals surface area contributed by atoms with Crippen molar-refractivity contribution in [3.05, 3.63) is 106 Å². The summed E-state index contributed by atoms with van der Waals surface area (Å²) in [5.74, 6) is 0.536. The quantitative estimate of drug-likeness (QED) is 0.271. The summed E-state index contributed by atoms with van der Waals surface area (Å²) < 4.78 is 1.37. The Kier molecular flexibility index (Phi) is 3.90. The summed E-state index contributed by atoms with van der Waals surface area (Å²) in [6.45, 7) is 0. The number of phenolic OH excluding ortho intramolecular Hbond substituents is 2. The van der Waals surface area contributed by atoms with Crippen LogP contribution in [0, 0.1) is 0 Å². The van der Waals surface area contributed by atoms with Crippen LogP contribution < -0.4 is 0 Å². The van der Waals surface area contributed by atoms with E-state index in [1.54, 1.807) is 24.3 Å². The summed E-state index contributed by atoms with van der Waals surface area (Å²) in [6.07, 6.45) is 3.28. The van der Waals surface area contributed by atoms with Crippen molar-refractivity contribution >= 4 is 37.5 Å². The Bertz CT molecular complexity index is 1550. The highest BCUT2D eigenvalue weighted by molar-refractivity contribution is 8.36. The lowest BCUT2D eigenvalue weighted by Gasteiger charge is -2.37. The van der Waals surface area contributed by atoms with Crippen LogP contribution in [0.3, 0.4) is 0 Å². The molecule has 1 aromatic heterocycles. The van der Waals surface area contributed by atoms with E-state index in [4.69, 9.17) is 0 Å². The highest BCUT2D eigenvalue weighted by Crippen LogP contribution is 2.74. The molecule has 0 saturated carbocycles. The van der Waals surface area contributed by atoms with Gasteiger partial charge in [-0.15, -0.1) is 21.4 Å². The molecule has 0 fully saturated rings. The minimum Gasteiger partial charge on any atom is -0.508 e. The molecule has 0 atom stereocenters. The van der Waals surface area contributed by atoms with Gasteiger partial charge in [-0.3, -0.25) is 0 Å². The molecular weight excluding hydrogens is 444 g/mol. The van der Waals surface area contributed by atoms with Gasteiger partial charge in [0.15, 0.2) is 0 Å². The Morgan fingerprint density at radius 3 is 2.00 bits per heavy atom. The number of fused-ring (bicyclic) bond motifs is 7. The van der Waals surface area contributed by atoms with Gasteiger partial charge in [0.2, 0.25) is 0 Å². The first-order valence-corrected chi connectivity index (χ1v) is 13.5. The number of benzene rings is 4. The predicted octanol–water partition coefficient (Wildman–Crippen LogP) is 8.15. The Morgan fingerprint density at radius 1 is 0.667 bits per heavy atom. The van der Waals surface area contributed by atoms with Crippen molar-refractivity contribution in [1.82, 2.24) is 0 Å². The van der Waals surface area contributed by atoms with Gasteiger partial charge in [-0.25, -0.2) is 0 Å². The maximum absolute atomic E-state index is 9.96. The Labute approximate surface area is 197 Å². The minimum atomic E-state index is -1.67. The van der Waals surface area contributed by atoms with Crippen LogP contribution in [-0.2, 0) is 6.42 Å². The van der Waals surface area contributed by atoms with E-state index in [1.165, 1.54) is 52.6 Å². The van der Waals surface area contributed by atoms with Gasteiger partial charge in [-0.1, -0.05) is 18.2 Å². The predicted molar refractivity (Wildman–Crippen MR) is 138 cm³/mol. The van der Waals surface area contributed by atoms with Crippen LogP contribution >= 0.6 is 21.4 Å². The molecule has 2 heterocycles. The van der Waals surface area contributed by atoms with Gasteiger partial charge in [0, 0.05) is 24.9 Å². The highest BCUT2D eigenvalue weighted by atomic mass is 32.3. The summed E-state index contributed by atoms with van der Waals surface area (Å²) in [6, 6.07) is 26.6. The molecule has 1 aliphatic carbocycles. The molecule has 0 amide bonds. The lowest BCUT2D eigenvalue weighted by atomic mass is 9.98. The third kappa shape index (κ3) is 2.56. The molecule has 0 unspecified atom stereocenters. The lowest BCUT2D eigenvalue weighted by Crippen LogP contribution is -2.00. The first kappa shape index (κ1) is 19.0. The molecule has 160 valence electrons. The Morgan fingerprint density at radius 2 is 1.30 bits per heavy atom. The van der Waals surface area contributed by atoms with Crippen molar-refractivity contribution in [2.75, 3.05) is 0 Å². The summed E-state index contributed by atoms with van der Waals surface area (Å²) in [5.41, 5.74) is 6.87. The average Bonchev–Trinajstić information content (AvgIpc) is 3.54. The van der Waals surface area contributed by atoms with E-state index in [1.807, 2.05) is 35.6 Å². The van der Waals surface area contributed by atoms with Gasteiger partial charge in [-0.05, 0) is 112 Å². The fraction of sp³-hybridized carbons (Fsp3) is 0.0345. The number of hydrogen-bond acceptors (Lipinski definition) is 3. The second-order valence-corrected chi connectivity index (χ2v) is 12.5. The molecule has 2 aliphatic rings. The Hall–Kier alpha value is -3.47. The number of thiophene rings is 1. The van der Waals surface area contributed by atoms with Crippen LogP contribution in [0.25, 0.3) is 27.3 Å². The average molecular weight is 465 g/mol. The molecule has 4 aromatic carbocycles. The molecule has 2 N–H and O–H groups in total. The van der Waals surface area contributed by atoms with Crippen LogP contribution in [0.15, 0.2) is 104 Å². The zero-order chi connectivity index (χ0) is 22.2. The molecule has 0 bridgehead atoms. The largest absolute Gasteiger partial charge is 0.508 e. The maximum Gasteiger partial charge on any atom is 0.115 e. The van der Waals surface area contributed by atoms with Crippen LogP contribution in [0.1, 0.15) is 16.7 Å². The van der Waals surface area contributed by atoms with Crippen molar-refractivity contribution in [1.29, 1.82) is 0 Å². The van der Waals surface area contributed by atoms with E-state index in [0.717, 1.165) is 6.42 Å². The third-order valence-corrected chi connectivity index (χ3v) is 11.4. The summed E-state index contributed by atoms with van der Waals surface area (Å²) in [5, 5.41) is 25.8. The fourth-order valence-electron chi connectivity index (χ4n) is 5.35. The van der Waals surface area contributed by atoms with Gasteiger partial charge >= 0.3 is 0 Å². The summed E-state index contributed by atoms with van der Waals surface area (Å²) in [7, 11) is -1.67. The van der Waals surface area contributed by atoms with Crippen LogP contribution in [0.2, 0.25) is 0 Å². The SMILES string of the molecule is Oc1ccc(S2(c3ccc(O)cc3)C=Cc3c2ccc2c3-c3c(ccc4ccsc34)C2)cc1. The summed E-state index contributed by atoms with van der Waals surface area (Å²) in [4.78, 5) is 3.67. The van der Waals surface area contributed by atoms with Crippen molar-refractivity contribution < 1.29 is 10.2 Å². The van der Waals surface area contributed by atoms with E-state index < -0.39 is 10.0 Å². The maximum atomic E-state index is 9.96. The molecule has 7 rings (SSSR count). The molecule has 0 radical (unpaired) electrons. The number of aromatic hydroxyl groups is 2.